The number of halogens is 2. The van der Waals surface area contributed by atoms with Crippen LogP contribution in [0.5, 0.6) is 0 Å². The van der Waals surface area contributed by atoms with Gasteiger partial charge in [0, 0.05) is 17.2 Å². The summed E-state index contributed by atoms with van der Waals surface area (Å²) in [6.07, 6.45) is 6.31. The molecule has 0 saturated heterocycles. The first-order valence-corrected chi connectivity index (χ1v) is 12.2. The van der Waals surface area contributed by atoms with Crippen molar-refractivity contribution in [3.63, 3.8) is 0 Å². The molecule has 1 unspecified atom stereocenters. The van der Waals surface area contributed by atoms with E-state index in [0.717, 1.165) is 42.3 Å². The van der Waals surface area contributed by atoms with E-state index in [-0.39, 0.29) is 23.9 Å². The Bertz CT molecular complexity index is 1470. The number of hydrogen-bond acceptors (Lipinski definition) is 9. The predicted molar refractivity (Wildman–Crippen MR) is 128 cm³/mol. The van der Waals surface area contributed by atoms with Gasteiger partial charge >= 0.3 is 0 Å². The molecule has 0 fully saturated rings. The van der Waals surface area contributed by atoms with Gasteiger partial charge in [0.25, 0.3) is 5.22 Å². The van der Waals surface area contributed by atoms with E-state index in [1.165, 1.54) is 33.6 Å². The van der Waals surface area contributed by atoms with Gasteiger partial charge < -0.3 is 9.52 Å². The highest BCUT2D eigenvalue weighted by Crippen LogP contribution is 2.31. The lowest BCUT2D eigenvalue weighted by atomic mass is 9.93. The molecule has 1 atom stereocenters. The maximum atomic E-state index is 14.7. The topological polar surface area (TPSA) is 121 Å². The van der Waals surface area contributed by atoms with Crippen molar-refractivity contribution in [3.8, 4) is 11.5 Å². The summed E-state index contributed by atoms with van der Waals surface area (Å²) in [4.78, 5) is 3.86. The second-order valence-electron chi connectivity index (χ2n) is 8.43. The summed E-state index contributed by atoms with van der Waals surface area (Å²) in [5.74, 6) is -1.26. The van der Waals surface area contributed by atoms with E-state index in [1.807, 2.05) is 24.3 Å². The SMILES string of the molecule is CCCc1ccc(-c2nnc(Sc3cn(CC(O)(Cn4cncn4)c4ccc(F)cc4F)nn3)o2)cc1. The molecule has 0 aliphatic rings. The van der Waals surface area contributed by atoms with E-state index in [0.29, 0.717) is 10.9 Å². The molecule has 3 aromatic heterocycles. The number of nitrogens with zero attached hydrogens (tertiary/aromatic N) is 8. The molecular formula is C24H22F2N8O2S. The van der Waals surface area contributed by atoms with Crippen LogP contribution in [0, 0.1) is 11.6 Å². The third-order valence-electron chi connectivity index (χ3n) is 5.60. The Kier molecular flexibility index (Phi) is 7.06. The number of benzene rings is 2. The minimum absolute atomic E-state index is 0.111. The zero-order valence-electron chi connectivity index (χ0n) is 19.7. The number of hydrogen-bond donors (Lipinski definition) is 1. The third-order valence-corrected chi connectivity index (χ3v) is 6.34. The van der Waals surface area contributed by atoms with Gasteiger partial charge in [0.1, 0.15) is 34.9 Å². The van der Waals surface area contributed by atoms with Crippen molar-refractivity contribution in [2.24, 2.45) is 0 Å². The standard InChI is InChI=1S/C24H22F2N8O2S/c1-2-3-16-4-6-17(7-5-16)22-30-31-23(36-22)37-21-11-33(32-29-21)12-24(35,13-34-15-27-14-28-34)19-9-8-18(25)10-20(19)26/h4-11,14-15,35H,2-3,12-13H2,1H3. The van der Waals surface area contributed by atoms with E-state index >= 15 is 0 Å². The first kappa shape index (κ1) is 24.7. The Labute approximate surface area is 214 Å². The van der Waals surface area contributed by atoms with Gasteiger partial charge in [-0.1, -0.05) is 36.8 Å². The first-order chi connectivity index (χ1) is 17.9. The molecule has 5 rings (SSSR count). The zero-order valence-corrected chi connectivity index (χ0v) is 20.5. The van der Waals surface area contributed by atoms with E-state index in [9.17, 15) is 13.9 Å². The molecule has 37 heavy (non-hydrogen) atoms. The second-order valence-corrected chi connectivity index (χ2v) is 9.40. The molecule has 190 valence electrons. The molecule has 0 bridgehead atoms. The van der Waals surface area contributed by atoms with E-state index in [2.05, 4.69) is 37.5 Å². The molecule has 1 N–H and O–H groups in total. The largest absolute Gasteiger partial charge is 0.411 e. The zero-order chi connectivity index (χ0) is 25.8. The fourth-order valence-corrected chi connectivity index (χ4v) is 4.53. The molecule has 5 aromatic rings. The molecule has 0 spiro atoms. The molecule has 10 nitrogen and oxygen atoms in total. The van der Waals surface area contributed by atoms with Crippen LogP contribution >= 0.6 is 11.8 Å². The van der Waals surface area contributed by atoms with Crippen LogP contribution in [0.4, 0.5) is 8.78 Å². The van der Waals surface area contributed by atoms with Gasteiger partial charge in [-0.15, -0.1) is 15.3 Å². The van der Waals surface area contributed by atoms with Crippen molar-refractivity contribution in [2.75, 3.05) is 0 Å². The Hall–Kier alpha value is -3.97. The van der Waals surface area contributed by atoms with Gasteiger partial charge in [0.05, 0.1) is 19.3 Å². The van der Waals surface area contributed by atoms with Gasteiger partial charge in [-0.25, -0.2) is 23.1 Å². The summed E-state index contributed by atoms with van der Waals surface area (Å²) >= 11 is 1.10. The lowest BCUT2D eigenvalue weighted by molar-refractivity contribution is -0.00893. The van der Waals surface area contributed by atoms with E-state index in [1.54, 1.807) is 6.20 Å². The third kappa shape index (κ3) is 5.73. The van der Waals surface area contributed by atoms with Crippen molar-refractivity contribution in [2.45, 2.75) is 48.7 Å². The summed E-state index contributed by atoms with van der Waals surface area (Å²) in [6, 6.07) is 10.9. The summed E-state index contributed by atoms with van der Waals surface area (Å²) in [5, 5.41) is 32.5. The van der Waals surface area contributed by atoms with Crippen molar-refractivity contribution in [3.05, 3.63) is 84.1 Å². The van der Waals surface area contributed by atoms with Gasteiger partial charge in [-0.2, -0.15) is 5.10 Å². The Morgan fingerprint density at radius 1 is 1.03 bits per heavy atom. The fourth-order valence-electron chi connectivity index (χ4n) is 3.90. The molecule has 2 aromatic carbocycles. The lowest BCUT2D eigenvalue weighted by Gasteiger charge is -2.28. The van der Waals surface area contributed by atoms with Crippen LogP contribution in [-0.2, 0) is 25.1 Å². The maximum Gasteiger partial charge on any atom is 0.283 e. The fraction of sp³-hybridized carbons (Fsp3) is 0.250. The Morgan fingerprint density at radius 2 is 1.84 bits per heavy atom. The molecule has 0 aliphatic heterocycles. The first-order valence-electron chi connectivity index (χ1n) is 11.4. The predicted octanol–water partition coefficient (Wildman–Crippen LogP) is 3.89. The van der Waals surface area contributed by atoms with Crippen LogP contribution < -0.4 is 0 Å². The number of aromatic nitrogens is 8. The molecule has 3 heterocycles. The average Bonchev–Trinajstić information content (AvgIpc) is 3.63. The van der Waals surface area contributed by atoms with Crippen molar-refractivity contribution < 1.29 is 18.3 Å². The summed E-state index contributed by atoms with van der Waals surface area (Å²) < 4.78 is 36.6. The highest BCUT2D eigenvalue weighted by atomic mass is 32.2. The summed E-state index contributed by atoms with van der Waals surface area (Å²) in [7, 11) is 0. The van der Waals surface area contributed by atoms with Crippen molar-refractivity contribution >= 4 is 11.8 Å². The quantitative estimate of drug-likeness (QED) is 0.290. The smallest absolute Gasteiger partial charge is 0.283 e. The normalized spacial score (nSPS) is 13.1. The van der Waals surface area contributed by atoms with Gasteiger partial charge in [0.15, 0.2) is 0 Å². The van der Waals surface area contributed by atoms with Crippen LogP contribution in [0.2, 0.25) is 0 Å². The average molecular weight is 525 g/mol. The number of rotatable bonds is 10. The van der Waals surface area contributed by atoms with Crippen LogP contribution in [-0.4, -0.2) is 45.1 Å². The van der Waals surface area contributed by atoms with Crippen molar-refractivity contribution in [1.82, 2.24) is 40.0 Å². The number of aliphatic hydroxyl groups is 1. The van der Waals surface area contributed by atoms with Gasteiger partial charge in [0.2, 0.25) is 5.89 Å². The molecular weight excluding hydrogens is 502 g/mol. The van der Waals surface area contributed by atoms with Gasteiger partial charge in [-0.05, 0) is 41.9 Å². The highest BCUT2D eigenvalue weighted by molar-refractivity contribution is 7.99. The van der Waals surface area contributed by atoms with E-state index < -0.39 is 17.2 Å². The Morgan fingerprint density at radius 3 is 2.57 bits per heavy atom. The van der Waals surface area contributed by atoms with Gasteiger partial charge in [-0.3, -0.25) is 0 Å². The minimum atomic E-state index is -1.83. The molecule has 0 saturated carbocycles. The molecule has 13 heteroatoms. The van der Waals surface area contributed by atoms with Crippen molar-refractivity contribution in [1.29, 1.82) is 0 Å². The highest BCUT2D eigenvalue weighted by Gasteiger charge is 2.35. The maximum absolute atomic E-state index is 14.7. The van der Waals surface area contributed by atoms with Crippen LogP contribution in [0.25, 0.3) is 11.5 Å². The monoisotopic (exact) mass is 524 g/mol. The van der Waals surface area contributed by atoms with Crippen LogP contribution in [0.1, 0.15) is 24.5 Å². The minimum Gasteiger partial charge on any atom is -0.411 e. The molecule has 0 aliphatic carbocycles. The van der Waals surface area contributed by atoms with E-state index in [4.69, 9.17) is 4.42 Å². The molecule has 0 amide bonds. The summed E-state index contributed by atoms with van der Waals surface area (Å²) in [5.41, 5.74) is 0.104. The second kappa shape index (κ2) is 10.6. The lowest BCUT2D eigenvalue weighted by Crippen LogP contribution is -2.37. The summed E-state index contributed by atoms with van der Waals surface area (Å²) in [6.45, 7) is 1.79. The van der Waals surface area contributed by atoms with Crippen LogP contribution in [0.3, 0.4) is 0 Å². The molecule has 0 radical (unpaired) electrons. The van der Waals surface area contributed by atoms with Crippen LogP contribution in [0.15, 0.2) is 76.0 Å². The number of aryl methyl sites for hydroxylation is 1. The Balaban J connectivity index is 1.33.